The van der Waals surface area contributed by atoms with Crippen molar-refractivity contribution in [3.05, 3.63) is 58.9 Å². The minimum atomic E-state index is -0.449. The summed E-state index contributed by atoms with van der Waals surface area (Å²) >= 11 is 5.72. The van der Waals surface area contributed by atoms with Gasteiger partial charge >= 0.3 is 0 Å². The highest BCUT2D eigenvalue weighted by atomic mass is 35.5. The lowest BCUT2D eigenvalue weighted by Gasteiger charge is -2.09. The molecule has 0 aromatic heterocycles. The number of halogens is 2. The van der Waals surface area contributed by atoms with E-state index < -0.39 is 5.82 Å². The largest absolute Gasteiger partial charge is 0.457 e. The molecule has 0 saturated carbocycles. The molecule has 112 valence electrons. The number of hydrogen-bond donors (Lipinski definition) is 1. The maximum Gasteiger partial charge on any atom is 0.142 e. The molecule has 21 heavy (non-hydrogen) atoms. The van der Waals surface area contributed by atoms with Crippen LogP contribution in [-0.4, -0.2) is 6.54 Å². The normalized spacial score (nSPS) is 10.9. The summed E-state index contributed by atoms with van der Waals surface area (Å²) in [6.45, 7) is 6.18. The fourth-order valence-corrected chi connectivity index (χ4v) is 2.03. The highest BCUT2D eigenvalue weighted by molar-refractivity contribution is 6.30. The molecule has 0 atom stereocenters. The van der Waals surface area contributed by atoms with Gasteiger partial charge in [0.25, 0.3) is 0 Å². The molecule has 0 aliphatic carbocycles. The van der Waals surface area contributed by atoms with Gasteiger partial charge in [-0.2, -0.15) is 0 Å². The van der Waals surface area contributed by atoms with Crippen LogP contribution < -0.4 is 10.1 Å². The first-order valence-electron chi connectivity index (χ1n) is 6.97. The first kappa shape index (κ1) is 15.8. The molecule has 0 bridgehead atoms. The van der Waals surface area contributed by atoms with Crippen LogP contribution in [0.15, 0.2) is 42.5 Å². The first-order valence-corrected chi connectivity index (χ1v) is 7.35. The topological polar surface area (TPSA) is 21.3 Å². The first-order chi connectivity index (χ1) is 10.0. The molecule has 0 aliphatic heterocycles. The van der Waals surface area contributed by atoms with Crippen LogP contribution in [0.5, 0.6) is 11.5 Å². The smallest absolute Gasteiger partial charge is 0.142 e. The van der Waals surface area contributed by atoms with Gasteiger partial charge in [-0.3, -0.25) is 0 Å². The Bertz CT molecular complexity index is 584. The van der Waals surface area contributed by atoms with E-state index in [1.807, 2.05) is 24.3 Å². The van der Waals surface area contributed by atoms with Crippen molar-refractivity contribution in [2.24, 2.45) is 5.92 Å². The zero-order valence-electron chi connectivity index (χ0n) is 12.2. The van der Waals surface area contributed by atoms with Gasteiger partial charge in [0.05, 0.1) is 5.02 Å². The highest BCUT2D eigenvalue weighted by Gasteiger charge is 2.03. The Labute approximate surface area is 129 Å². The van der Waals surface area contributed by atoms with Crippen molar-refractivity contribution in [1.29, 1.82) is 0 Å². The van der Waals surface area contributed by atoms with Gasteiger partial charge in [0.2, 0.25) is 0 Å². The Balaban J connectivity index is 1.94. The third-order valence-corrected chi connectivity index (χ3v) is 3.22. The van der Waals surface area contributed by atoms with Gasteiger partial charge in [0.15, 0.2) is 0 Å². The predicted octanol–water partition coefficient (Wildman–Crippen LogP) is 5.02. The summed E-state index contributed by atoms with van der Waals surface area (Å²) in [6, 6.07) is 12.1. The van der Waals surface area contributed by atoms with Crippen LogP contribution >= 0.6 is 11.6 Å². The van der Waals surface area contributed by atoms with E-state index in [4.69, 9.17) is 16.3 Å². The molecule has 0 amide bonds. The molecule has 2 rings (SSSR count). The van der Waals surface area contributed by atoms with Gasteiger partial charge in [0.1, 0.15) is 17.3 Å². The van der Waals surface area contributed by atoms with Gasteiger partial charge in [-0.15, -0.1) is 0 Å². The summed E-state index contributed by atoms with van der Waals surface area (Å²) in [6.07, 6.45) is 0. The molecule has 0 radical (unpaired) electrons. The summed E-state index contributed by atoms with van der Waals surface area (Å²) in [5, 5.41) is 3.44. The number of benzene rings is 2. The van der Waals surface area contributed by atoms with Crippen molar-refractivity contribution in [1.82, 2.24) is 5.32 Å². The molecule has 0 unspecified atom stereocenters. The van der Waals surface area contributed by atoms with Gasteiger partial charge in [-0.05, 0) is 42.3 Å². The average molecular weight is 308 g/mol. The molecular weight excluding hydrogens is 289 g/mol. The van der Waals surface area contributed by atoms with E-state index in [0.29, 0.717) is 17.4 Å². The molecule has 1 N–H and O–H groups in total. The second kappa shape index (κ2) is 7.43. The molecule has 0 spiro atoms. The van der Waals surface area contributed by atoms with E-state index in [9.17, 15) is 4.39 Å². The van der Waals surface area contributed by atoms with Crippen LogP contribution in [0.3, 0.4) is 0 Å². The Morgan fingerprint density at radius 3 is 2.38 bits per heavy atom. The van der Waals surface area contributed by atoms with Gasteiger partial charge in [-0.25, -0.2) is 4.39 Å². The second-order valence-electron chi connectivity index (χ2n) is 5.35. The molecule has 0 heterocycles. The quantitative estimate of drug-likeness (QED) is 0.809. The molecule has 0 saturated heterocycles. The Morgan fingerprint density at radius 2 is 1.76 bits per heavy atom. The van der Waals surface area contributed by atoms with E-state index in [2.05, 4.69) is 19.2 Å². The zero-order valence-corrected chi connectivity index (χ0v) is 13.0. The number of nitrogens with one attached hydrogen (secondary N) is 1. The maximum atomic E-state index is 13.1. The van der Waals surface area contributed by atoms with Crippen molar-refractivity contribution in [3.63, 3.8) is 0 Å². The van der Waals surface area contributed by atoms with Crippen molar-refractivity contribution in [2.75, 3.05) is 6.54 Å². The predicted molar refractivity (Wildman–Crippen MR) is 84.5 cm³/mol. The van der Waals surface area contributed by atoms with E-state index in [-0.39, 0.29) is 5.02 Å². The monoisotopic (exact) mass is 307 g/mol. The highest BCUT2D eigenvalue weighted by Crippen LogP contribution is 2.26. The lowest BCUT2D eigenvalue weighted by Crippen LogP contribution is -2.18. The number of hydrogen-bond acceptors (Lipinski definition) is 2. The summed E-state index contributed by atoms with van der Waals surface area (Å²) in [5.74, 6) is 1.41. The third kappa shape index (κ3) is 5.03. The SMILES string of the molecule is CC(C)CNCc1ccc(Oc2ccc(F)c(Cl)c2)cc1. The van der Waals surface area contributed by atoms with Crippen LogP contribution in [0, 0.1) is 11.7 Å². The summed E-state index contributed by atoms with van der Waals surface area (Å²) in [4.78, 5) is 0. The van der Waals surface area contributed by atoms with Crippen LogP contribution in [0.4, 0.5) is 4.39 Å². The molecule has 0 fully saturated rings. The molecule has 4 heteroatoms. The van der Waals surface area contributed by atoms with E-state index in [1.54, 1.807) is 6.07 Å². The van der Waals surface area contributed by atoms with Crippen molar-refractivity contribution < 1.29 is 9.13 Å². The fourth-order valence-electron chi connectivity index (χ4n) is 1.86. The summed E-state index contributed by atoms with van der Waals surface area (Å²) in [7, 11) is 0. The van der Waals surface area contributed by atoms with E-state index in [1.165, 1.54) is 17.7 Å². The molecular formula is C17H19ClFNO. The average Bonchev–Trinajstić information content (AvgIpc) is 2.44. The van der Waals surface area contributed by atoms with Gasteiger partial charge in [0, 0.05) is 12.6 Å². The number of rotatable bonds is 6. The molecule has 0 aliphatic rings. The standard InChI is InChI=1S/C17H19ClFNO/c1-12(2)10-20-11-13-3-5-14(6-4-13)21-15-7-8-17(19)16(18)9-15/h3-9,12,20H,10-11H2,1-2H3. The Hall–Kier alpha value is -1.58. The minimum absolute atomic E-state index is 0.0574. The second-order valence-corrected chi connectivity index (χ2v) is 5.75. The van der Waals surface area contributed by atoms with Gasteiger partial charge in [-0.1, -0.05) is 37.6 Å². The van der Waals surface area contributed by atoms with Crippen molar-refractivity contribution in [3.8, 4) is 11.5 Å². The fraction of sp³-hybridized carbons (Fsp3) is 0.294. The molecule has 2 aromatic rings. The summed E-state index contributed by atoms with van der Waals surface area (Å²) < 4.78 is 18.7. The van der Waals surface area contributed by atoms with Crippen LogP contribution in [-0.2, 0) is 6.54 Å². The van der Waals surface area contributed by atoms with Crippen LogP contribution in [0.25, 0.3) is 0 Å². The van der Waals surface area contributed by atoms with Crippen LogP contribution in [0.1, 0.15) is 19.4 Å². The number of ether oxygens (including phenoxy) is 1. The van der Waals surface area contributed by atoms with Crippen molar-refractivity contribution in [2.45, 2.75) is 20.4 Å². The molecule has 2 nitrogen and oxygen atoms in total. The van der Waals surface area contributed by atoms with Gasteiger partial charge < -0.3 is 10.1 Å². The van der Waals surface area contributed by atoms with E-state index >= 15 is 0 Å². The third-order valence-electron chi connectivity index (χ3n) is 2.93. The van der Waals surface area contributed by atoms with Crippen LogP contribution in [0.2, 0.25) is 5.02 Å². The molecule has 2 aromatic carbocycles. The Morgan fingerprint density at radius 1 is 1.10 bits per heavy atom. The minimum Gasteiger partial charge on any atom is -0.457 e. The van der Waals surface area contributed by atoms with Crippen molar-refractivity contribution >= 4 is 11.6 Å². The zero-order chi connectivity index (χ0) is 15.2. The lowest BCUT2D eigenvalue weighted by atomic mass is 10.2. The van der Waals surface area contributed by atoms with E-state index in [0.717, 1.165) is 13.1 Å². The summed E-state index contributed by atoms with van der Waals surface area (Å²) in [5.41, 5.74) is 1.19. The Kier molecular flexibility index (Phi) is 5.59. The lowest BCUT2D eigenvalue weighted by molar-refractivity contribution is 0.480. The maximum absolute atomic E-state index is 13.1.